The van der Waals surface area contributed by atoms with Crippen molar-refractivity contribution in [1.29, 1.82) is 0 Å². The normalized spacial score (nSPS) is 25.8. The van der Waals surface area contributed by atoms with Gasteiger partial charge in [-0.2, -0.15) is 13.2 Å². The van der Waals surface area contributed by atoms with Crippen LogP contribution in [0.3, 0.4) is 0 Å². The van der Waals surface area contributed by atoms with E-state index < -0.39 is 66.8 Å². The quantitative estimate of drug-likeness (QED) is 0.691. The van der Waals surface area contributed by atoms with E-state index in [1.54, 1.807) is 0 Å². The molecule has 32 heavy (non-hydrogen) atoms. The predicted octanol–water partition coefficient (Wildman–Crippen LogP) is 2.00. The summed E-state index contributed by atoms with van der Waals surface area (Å²) in [4.78, 5) is 26.2. The first-order valence-corrected chi connectivity index (χ1v) is 9.74. The monoisotopic (exact) mass is 467 g/mol. The van der Waals surface area contributed by atoms with Gasteiger partial charge in [0.25, 0.3) is 5.92 Å². The number of urea groups is 1. The molecule has 2 atom stereocenters. The number of ether oxygens (including phenoxy) is 2. The lowest BCUT2D eigenvalue weighted by molar-refractivity contribution is -0.196. The molecule has 3 aliphatic rings. The van der Waals surface area contributed by atoms with Crippen molar-refractivity contribution in [3.8, 4) is 0 Å². The Morgan fingerprint density at radius 1 is 1.22 bits per heavy atom. The van der Waals surface area contributed by atoms with Crippen LogP contribution in [0, 0.1) is 5.82 Å². The smallest absolute Gasteiger partial charge is 0.370 e. The summed E-state index contributed by atoms with van der Waals surface area (Å²) in [6, 6.07) is 0.415. The summed E-state index contributed by atoms with van der Waals surface area (Å²) in [6.45, 7) is -1.65. The molecule has 3 aliphatic heterocycles. The van der Waals surface area contributed by atoms with Crippen LogP contribution < -0.4 is 5.32 Å². The summed E-state index contributed by atoms with van der Waals surface area (Å²) >= 11 is 0. The number of hydrogen-bond acceptors (Lipinski definition) is 4. The fourth-order valence-electron chi connectivity index (χ4n) is 3.90. The number of fused-ring (bicyclic) bond motifs is 1. The maximum Gasteiger partial charge on any atom is 0.416 e. The number of nitrogens with one attached hydrogen (secondary N) is 1. The van der Waals surface area contributed by atoms with Gasteiger partial charge in [-0.3, -0.25) is 4.79 Å². The molecule has 1 aromatic rings. The lowest BCUT2D eigenvalue weighted by atomic mass is 9.97. The highest BCUT2D eigenvalue weighted by molar-refractivity contribution is 5.79. The van der Waals surface area contributed by atoms with Gasteiger partial charge in [-0.25, -0.2) is 18.0 Å². The maximum absolute atomic E-state index is 14.4. The molecule has 3 saturated heterocycles. The van der Waals surface area contributed by atoms with Crippen LogP contribution in [0.25, 0.3) is 0 Å². The van der Waals surface area contributed by atoms with Gasteiger partial charge >= 0.3 is 12.2 Å². The van der Waals surface area contributed by atoms with Crippen LogP contribution in [0.15, 0.2) is 18.2 Å². The Morgan fingerprint density at radius 2 is 1.94 bits per heavy atom. The van der Waals surface area contributed by atoms with Gasteiger partial charge in [0.05, 0.1) is 44.0 Å². The number of nitrogens with zero attached hydrogens (tertiary/aromatic N) is 2. The zero-order valence-electron chi connectivity index (χ0n) is 16.5. The largest absolute Gasteiger partial charge is 0.416 e. The van der Waals surface area contributed by atoms with E-state index in [1.165, 1.54) is 4.90 Å². The maximum atomic E-state index is 14.4. The predicted molar refractivity (Wildman–Crippen MR) is 95.1 cm³/mol. The van der Waals surface area contributed by atoms with E-state index in [1.807, 2.05) is 0 Å². The van der Waals surface area contributed by atoms with Crippen molar-refractivity contribution in [3.63, 3.8) is 0 Å². The highest BCUT2D eigenvalue weighted by atomic mass is 19.4. The number of rotatable bonds is 3. The van der Waals surface area contributed by atoms with E-state index in [-0.39, 0.29) is 31.8 Å². The number of carbonyl (C=O) groups is 2. The van der Waals surface area contributed by atoms with Crippen LogP contribution >= 0.6 is 0 Å². The molecule has 0 aromatic heterocycles. The van der Waals surface area contributed by atoms with Crippen LogP contribution in [-0.4, -0.2) is 78.7 Å². The van der Waals surface area contributed by atoms with Crippen LogP contribution in [0.5, 0.6) is 0 Å². The summed E-state index contributed by atoms with van der Waals surface area (Å²) in [5.74, 6) is -4.94. The van der Waals surface area contributed by atoms with E-state index >= 15 is 0 Å². The van der Waals surface area contributed by atoms with Crippen LogP contribution in [0.4, 0.5) is 31.1 Å². The van der Waals surface area contributed by atoms with E-state index in [4.69, 9.17) is 9.47 Å². The van der Waals surface area contributed by atoms with Crippen LogP contribution in [0.2, 0.25) is 0 Å². The summed E-state index contributed by atoms with van der Waals surface area (Å²) in [6.07, 6.45) is -6.68. The first kappa shape index (κ1) is 22.6. The first-order valence-electron chi connectivity index (χ1n) is 9.74. The van der Waals surface area contributed by atoms with Crippen molar-refractivity contribution in [2.24, 2.45) is 0 Å². The number of benzene rings is 1. The van der Waals surface area contributed by atoms with Gasteiger partial charge in [0.1, 0.15) is 18.5 Å². The third kappa shape index (κ3) is 4.49. The number of halogens is 6. The molecule has 0 aliphatic carbocycles. The molecule has 0 saturated carbocycles. The van der Waals surface area contributed by atoms with Gasteiger partial charge in [0.15, 0.2) is 0 Å². The Hall–Kier alpha value is -2.54. The summed E-state index contributed by atoms with van der Waals surface area (Å²) in [7, 11) is 0. The Morgan fingerprint density at radius 3 is 2.59 bits per heavy atom. The number of amides is 3. The molecule has 3 amide bonds. The highest BCUT2D eigenvalue weighted by Crippen LogP contribution is 2.33. The molecule has 0 bridgehead atoms. The molecule has 1 N–H and O–H groups in total. The number of carbonyl (C=O) groups excluding carboxylic acids is 2. The van der Waals surface area contributed by atoms with Gasteiger partial charge in [-0.05, 0) is 12.1 Å². The van der Waals surface area contributed by atoms with E-state index in [2.05, 4.69) is 5.32 Å². The van der Waals surface area contributed by atoms with Crippen molar-refractivity contribution in [3.05, 3.63) is 35.1 Å². The molecule has 0 spiro atoms. The third-order valence-electron chi connectivity index (χ3n) is 5.58. The second kappa shape index (κ2) is 8.10. The van der Waals surface area contributed by atoms with E-state index in [9.17, 15) is 35.9 Å². The molecule has 3 heterocycles. The Labute approximate surface area is 178 Å². The first-order chi connectivity index (χ1) is 14.9. The Kier molecular flexibility index (Phi) is 5.74. The lowest BCUT2D eigenvalue weighted by Crippen LogP contribution is -2.71. The minimum atomic E-state index is -4.66. The average Bonchev–Trinajstić information content (AvgIpc) is 2.65. The van der Waals surface area contributed by atoms with E-state index in [0.717, 1.165) is 17.0 Å². The fourth-order valence-corrected chi connectivity index (χ4v) is 3.90. The van der Waals surface area contributed by atoms with Crippen molar-refractivity contribution in [2.75, 3.05) is 32.8 Å². The van der Waals surface area contributed by atoms with Crippen molar-refractivity contribution < 1.29 is 45.4 Å². The van der Waals surface area contributed by atoms with Gasteiger partial charge in [0, 0.05) is 12.1 Å². The molecule has 13 heteroatoms. The van der Waals surface area contributed by atoms with Gasteiger partial charge in [0.2, 0.25) is 5.91 Å². The molecule has 3 fully saturated rings. The molecule has 176 valence electrons. The SMILES string of the molecule is O=C1COC2C(CN(C(=O)N3CC(OCc4ccc(C(F)(F)F)cc4F)C3)CC2(F)F)N1. The van der Waals surface area contributed by atoms with Crippen molar-refractivity contribution in [1.82, 2.24) is 15.1 Å². The van der Waals surface area contributed by atoms with Crippen LogP contribution in [0.1, 0.15) is 11.1 Å². The minimum Gasteiger partial charge on any atom is -0.370 e. The Balaban J connectivity index is 1.28. The number of alkyl halides is 5. The zero-order chi connectivity index (χ0) is 23.3. The molecule has 1 aromatic carbocycles. The summed E-state index contributed by atoms with van der Waals surface area (Å²) in [5.41, 5.74) is -1.18. The van der Waals surface area contributed by atoms with E-state index in [0.29, 0.717) is 6.07 Å². The molecule has 2 unspecified atom stereocenters. The van der Waals surface area contributed by atoms with Crippen LogP contribution in [-0.2, 0) is 27.1 Å². The number of morpholine rings is 1. The summed E-state index contributed by atoms with van der Waals surface area (Å²) < 4.78 is 90.8. The second-order valence-electron chi connectivity index (χ2n) is 7.97. The lowest BCUT2D eigenvalue weighted by Gasteiger charge is -2.48. The second-order valence-corrected chi connectivity index (χ2v) is 7.97. The number of likely N-dealkylation sites (tertiary alicyclic amines) is 2. The molecule has 4 rings (SSSR count). The average molecular weight is 467 g/mol. The summed E-state index contributed by atoms with van der Waals surface area (Å²) in [5, 5.41) is 2.41. The molecule has 7 nitrogen and oxygen atoms in total. The fraction of sp³-hybridized carbons (Fsp3) is 0.579. The molecule has 0 radical (unpaired) electrons. The highest BCUT2D eigenvalue weighted by Gasteiger charge is 2.55. The van der Waals surface area contributed by atoms with Gasteiger partial charge in [-0.1, -0.05) is 6.07 Å². The molecular formula is C19H19F6N3O4. The Bertz CT molecular complexity index is 906. The standard InChI is InChI=1S/C19H19F6N3O4/c20-13-3-11(19(23,24)25)2-1-10(13)7-31-12-4-27(5-12)17(30)28-6-14-16(18(21,22)9-28)32-8-15(29)26-14/h1-3,12,14,16H,4-9H2,(H,26,29). The van der Waals surface area contributed by atoms with Gasteiger partial charge < -0.3 is 24.6 Å². The third-order valence-corrected chi connectivity index (χ3v) is 5.58. The molecular weight excluding hydrogens is 448 g/mol. The zero-order valence-corrected chi connectivity index (χ0v) is 16.5. The van der Waals surface area contributed by atoms with Gasteiger partial charge in [-0.15, -0.1) is 0 Å². The number of piperidine rings is 1. The minimum absolute atomic E-state index is 0.0557. The van der Waals surface area contributed by atoms with Crippen molar-refractivity contribution in [2.45, 2.75) is 37.0 Å². The number of hydrogen-bond donors (Lipinski definition) is 1. The topological polar surface area (TPSA) is 71.1 Å². The van der Waals surface area contributed by atoms with Crippen molar-refractivity contribution >= 4 is 11.9 Å².